The summed E-state index contributed by atoms with van der Waals surface area (Å²) in [4.78, 5) is 24.9. The second-order valence-corrected chi connectivity index (χ2v) is 7.28. The summed E-state index contributed by atoms with van der Waals surface area (Å²) in [5, 5.41) is 0. The standard InChI is InChI=1S/C17H26O3/c1-3-14(18)15(16(19)20-4-2)17-8-11-5-12(9-17)7-13(6-11)10-17/h11-13,15H,3-10H2,1-2H3/t11?,12?,13?,15-,17?/m0/s1. The van der Waals surface area contributed by atoms with Crippen LogP contribution in [0.2, 0.25) is 0 Å². The molecule has 0 N–H and O–H groups in total. The maximum absolute atomic E-state index is 12.4. The summed E-state index contributed by atoms with van der Waals surface area (Å²) < 4.78 is 5.26. The summed E-state index contributed by atoms with van der Waals surface area (Å²) in [5.41, 5.74) is -0.0614. The molecule has 0 spiro atoms. The van der Waals surface area contributed by atoms with Gasteiger partial charge in [-0.25, -0.2) is 0 Å². The predicted molar refractivity (Wildman–Crippen MR) is 76.0 cm³/mol. The summed E-state index contributed by atoms with van der Waals surface area (Å²) in [6.45, 7) is 4.07. The average Bonchev–Trinajstić information content (AvgIpc) is 2.36. The number of ketones is 1. The summed E-state index contributed by atoms with van der Waals surface area (Å²) in [6, 6.07) is 0. The lowest BCUT2D eigenvalue weighted by Crippen LogP contribution is -2.53. The van der Waals surface area contributed by atoms with Gasteiger partial charge >= 0.3 is 5.97 Å². The van der Waals surface area contributed by atoms with Gasteiger partial charge in [0, 0.05) is 6.42 Å². The number of hydrogen-bond acceptors (Lipinski definition) is 3. The van der Waals surface area contributed by atoms with E-state index in [1.54, 1.807) is 0 Å². The van der Waals surface area contributed by atoms with Crippen LogP contribution in [0.15, 0.2) is 0 Å². The maximum Gasteiger partial charge on any atom is 0.317 e. The van der Waals surface area contributed by atoms with E-state index in [0.717, 1.165) is 37.0 Å². The molecule has 4 rings (SSSR count). The minimum absolute atomic E-state index is 0.0614. The summed E-state index contributed by atoms with van der Waals surface area (Å²) in [7, 11) is 0. The topological polar surface area (TPSA) is 43.4 Å². The molecule has 20 heavy (non-hydrogen) atoms. The summed E-state index contributed by atoms with van der Waals surface area (Å²) in [6.07, 6.45) is 7.67. The van der Waals surface area contributed by atoms with Crippen molar-refractivity contribution in [3.8, 4) is 0 Å². The fourth-order valence-corrected chi connectivity index (χ4v) is 5.68. The second-order valence-electron chi connectivity index (χ2n) is 7.28. The lowest BCUT2D eigenvalue weighted by molar-refractivity contribution is -0.168. The van der Waals surface area contributed by atoms with Crippen LogP contribution in [0.25, 0.3) is 0 Å². The number of hydrogen-bond donors (Lipinski definition) is 0. The van der Waals surface area contributed by atoms with E-state index in [1.165, 1.54) is 19.3 Å². The molecule has 4 fully saturated rings. The van der Waals surface area contributed by atoms with Gasteiger partial charge in [-0.1, -0.05) is 6.92 Å². The largest absolute Gasteiger partial charge is 0.465 e. The molecule has 3 heteroatoms. The number of carbonyl (C=O) groups is 2. The zero-order chi connectivity index (χ0) is 14.3. The Labute approximate surface area is 121 Å². The van der Waals surface area contributed by atoms with Crippen LogP contribution in [0.5, 0.6) is 0 Å². The Morgan fingerprint density at radius 3 is 1.95 bits per heavy atom. The van der Waals surface area contributed by atoms with Gasteiger partial charge in [0.15, 0.2) is 0 Å². The molecular weight excluding hydrogens is 252 g/mol. The zero-order valence-corrected chi connectivity index (χ0v) is 12.7. The molecule has 1 atom stereocenters. The van der Waals surface area contributed by atoms with E-state index in [4.69, 9.17) is 4.74 Å². The van der Waals surface area contributed by atoms with Crippen LogP contribution in [0, 0.1) is 29.1 Å². The predicted octanol–water partition coefficient (Wildman–Crippen LogP) is 3.36. The van der Waals surface area contributed by atoms with E-state index in [1.807, 2.05) is 13.8 Å². The molecule has 4 bridgehead atoms. The molecule has 0 radical (unpaired) electrons. The van der Waals surface area contributed by atoms with Crippen molar-refractivity contribution < 1.29 is 14.3 Å². The van der Waals surface area contributed by atoms with Crippen LogP contribution in [0.1, 0.15) is 58.8 Å². The van der Waals surface area contributed by atoms with Crippen molar-refractivity contribution in [2.75, 3.05) is 6.61 Å². The van der Waals surface area contributed by atoms with E-state index in [-0.39, 0.29) is 17.2 Å². The minimum Gasteiger partial charge on any atom is -0.465 e. The molecule has 4 saturated carbocycles. The monoisotopic (exact) mass is 278 g/mol. The Kier molecular flexibility index (Phi) is 3.64. The summed E-state index contributed by atoms with van der Waals surface area (Å²) in [5.74, 6) is 1.63. The van der Waals surface area contributed by atoms with Crippen LogP contribution in [0.4, 0.5) is 0 Å². The highest BCUT2D eigenvalue weighted by atomic mass is 16.5. The molecule has 3 nitrogen and oxygen atoms in total. The van der Waals surface area contributed by atoms with Gasteiger partial charge in [0.05, 0.1) is 6.61 Å². The molecule has 4 aliphatic carbocycles. The Bertz CT molecular complexity index is 377. The molecule has 0 aliphatic heterocycles. The first-order valence-electron chi connectivity index (χ1n) is 8.27. The fraction of sp³-hybridized carbons (Fsp3) is 0.882. The molecule has 0 unspecified atom stereocenters. The lowest BCUT2D eigenvalue weighted by Gasteiger charge is -2.58. The van der Waals surface area contributed by atoms with Crippen LogP contribution < -0.4 is 0 Å². The normalized spacial score (nSPS) is 39.6. The SMILES string of the molecule is CCOC(=O)[C@H](C(=O)CC)C12CC3CC(CC(C3)C1)C2. The molecular formula is C17H26O3. The van der Waals surface area contributed by atoms with Gasteiger partial charge in [0.2, 0.25) is 0 Å². The van der Waals surface area contributed by atoms with Crippen LogP contribution in [0.3, 0.4) is 0 Å². The number of esters is 1. The highest BCUT2D eigenvalue weighted by Gasteiger charge is 2.57. The minimum atomic E-state index is -0.485. The van der Waals surface area contributed by atoms with Crippen LogP contribution in [-0.2, 0) is 14.3 Å². The second kappa shape index (κ2) is 5.16. The number of Topliss-reactive ketones (excluding diaryl/α,β-unsaturated/α-hetero) is 1. The zero-order valence-electron chi connectivity index (χ0n) is 12.7. The third-order valence-electron chi connectivity index (χ3n) is 5.89. The quantitative estimate of drug-likeness (QED) is 0.572. The van der Waals surface area contributed by atoms with Crippen molar-refractivity contribution in [3.63, 3.8) is 0 Å². The van der Waals surface area contributed by atoms with E-state index >= 15 is 0 Å². The highest BCUT2D eigenvalue weighted by molar-refractivity contribution is 5.99. The Balaban J connectivity index is 1.90. The maximum atomic E-state index is 12.4. The van der Waals surface area contributed by atoms with E-state index in [0.29, 0.717) is 13.0 Å². The van der Waals surface area contributed by atoms with E-state index < -0.39 is 5.92 Å². The first-order valence-corrected chi connectivity index (χ1v) is 8.27. The number of rotatable bonds is 5. The Morgan fingerprint density at radius 1 is 1.05 bits per heavy atom. The smallest absolute Gasteiger partial charge is 0.317 e. The third kappa shape index (κ3) is 2.19. The van der Waals surface area contributed by atoms with Crippen molar-refractivity contribution in [1.82, 2.24) is 0 Å². The number of ether oxygens (including phenoxy) is 1. The molecule has 0 heterocycles. The molecule has 112 valence electrons. The van der Waals surface area contributed by atoms with Crippen LogP contribution >= 0.6 is 0 Å². The van der Waals surface area contributed by atoms with Crippen LogP contribution in [-0.4, -0.2) is 18.4 Å². The van der Waals surface area contributed by atoms with Gasteiger partial charge in [-0.3, -0.25) is 9.59 Å². The number of carbonyl (C=O) groups excluding carboxylic acids is 2. The van der Waals surface area contributed by atoms with E-state index in [9.17, 15) is 9.59 Å². The Morgan fingerprint density at radius 2 is 1.55 bits per heavy atom. The van der Waals surface area contributed by atoms with Gasteiger partial charge in [0.25, 0.3) is 0 Å². The summed E-state index contributed by atoms with van der Waals surface area (Å²) >= 11 is 0. The fourth-order valence-electron chi connectivity index (χ4n) is 5.68. The van der Waals surface area contributed by atoms with Gasteiger partial charge in [-0.2, -0.15) is 0 Å². The first-order chi connectivity index (χ1) is 9.58. The van der Waals surface area contributed by atoms with E-state index in [2.05, 4.69) is 0 Å². The van der Waals surface area contributed by atoms with Crippen molar-refractivity contribution in [3.05, 3.63) is 0 Å². The third-order valence-corrected chi connectivity index (χ3v) is 5.89. The molecule has 0 aromatic carbocycles. The van der Waals surface area contributed by atoms with Crippen molar-refractivity contribution in [2.45, 2.75) is 58.8 Å². The first kappa shape index (κ1) is 14.1. The van der Waals surface area contributed by atoms with Gasteiger partial charge in [0.1, 0.15) is 11.7 Å². The van der Waals surface area contributed by atoms with Crippen molar-refractivity contribution >= 4 is 11.8 Å². The Hall–Kier alpha value is -0.860. The lowest BCUT2D eigenvalue weighted by atomic mass is 9.46. The van der Waals surface area contributed by atoms with Gasteiger partial charge in [-0.05, 0) is 68.6 Å². The molecule has 0 saturated heterocycles. The van der Waals surface area contributed by atoms with Gasteiger partial charge < -0.3 is 4.74 Å². The average molecular weight is 278 g/mol. The molecule has 0 aromatic heterocycles. The highest BCUT2D eigenvalue weighted by Crippen LogP contribution is 2.63. The van der Waals surface area contributed by atoms with Crippen molar-refractivity contribution in [2.24, 2.45) is 29.1 Å². The molecule has 0 aromatic rings. The molecule has 0 amide bonds. The van der Waals surface area contributed by atoms with Gasteiger partial charge in [-0.15, -0.1) is 0 Å². The van der Waals surface area contributed by atoms with Crippen molar-refractivity contribution in [1.29, 1.82) is 0 Å². The molecule has 4 aliphatic rings.